The van der Waals surface area contributed by atoms with Crippen LogP contribution in [-0.2, 0) is 23.1 Å². The smallest absolute Gasteiger partial charge is 0.234 e. The van der Waals surface area contributed by atoms with Crippen molar-refractivity contribution in [1.29, 1.82) is 0 Å². The van der Waals surface area contributed by atoms with E-state index in [0.717, 1.165) is 21.4 Å². The molecule has 0 aliphatic heterocycles. The van der Waals surface area contributed by atoms with Gasteiger partial charge in [-0.15, -0.1) is 10.2 Å². The molecule has 0 bridgehead atoms. The first-order valence-electron chi connectivity index (χ1n) is 9.78. The SMILES string of the molecule is CC(C)c1cc(Br)ccc1NC(=O)CSc1nnc(CC(=O)Nc2ccccc2)n1C. The highest BCUT2D eigenvalue weighted by atomic mass is 79.9. The Kier molecular flexibility index (Phi) is 7.86. The van der Waals surface area contributed by atoms with E-state index in [1.807, 2.05) is 48.5 Å². The maximum atomic E-state index is 12.5. The minimum Gasteiger partial charge on any atom is -0.326 e. The summed E-state index contributed by atoms with van der Waals surface area (Å²) in [4.78, 5) is 24.7. The summed E-state index contributed by atoms with van der Waals surface area (Å²) in [5.41, 5.74) is 2.60. The van der Waals surface area contributed by atoms with E-state index in [4.69, 9.17) is 0 Å². The Morgan fingerprint density at radius 3 is 2.52 bits per heavy atom. The molecule has 9 heteroatoms. The van der Waals surface area contributed by atoms with E-state index in [2.05, 4.69) is 50.6 Å². The normalized spacial score (nSPS) is 10.9. The molecule has 1 aromatic heterocycles. The summed E-state index contributed by atoms with van der Waals surface area (Å²) < 4.78 is 2.72. The van der Waals surface area contributed by atoms with Crippen molar-refractivity contribution >= 4 is 50.9 Å². The lowest BCUT2D eigenvalue weighted by Gasteiger charge is -2.14. The number of thioether (sulfide) groups is 1. The van der Waals surface area contributed by atoms with Crippen molar-refractivity contribution in [2.24, 2.45) is 7.05 Å². The van der Waals surface area contributed by atoms with Crippen molar-refractivity contribution in [3.63, 3.8) is 0 Å². The van der Waals surface area contributed by atoms with Crippen molar-refractivity contribution in [1.82, 2.24) is 14.8 Å². The Bertz CT molecular complexity index is 1070. The molecular weight excluding hydrogens is 478 g/mol. The third kappa shape index (κ3) is 6.41. The first-order chi connectivity index (χ1) is 14.8. The average Bonchev–Trinajstić information content (AvgIpc) is 3.07. The van der Waals surface area contributed by atoms with Crippen molar-refractivity contribution in [3.8, 4) is 0 Å². The predicted molar refractivity (Wildman–Crippen MR) is 127 cm³/mol. The molecule has 162 valence electrons. The van der Waals surface area contributed by atoms with Gasteiger partial charge in [0.2, 0.25) is 11.8 Å². The molecule has 3 rings (SSSR count). The number of benzene rings is 2. The van der Waals surface area contributed by atoms with Gasteiger partial charge in [-0.05, 0) is 41.8 Å². The molecule has 0 radical (unpaired) electrons. The second-order valence-electron chi connectivity index (χ2n) is 7.27. The van der Waals surface area contributed by atoms with Crippen LogP contribution >= 0.6 is 27.7 Å². The molecule has 1 heterocycles. The summed E-state index contributed by atoms with van der Waals surface area (Å²) in [5, 5.41) is 14.6. The lowest BCUT2D eigenvalue weighted by molar-refractivity contribution is -0.116. The lowest BCUT2D eigenvalue weighted by Crippen LogP contribution is -2.17. The van der Waals surface area contributed by atoms with Crippen molar-refractivity contribution < 1.29 is 9.59 Å². The quantitative estimate of drug-likeness (QED) is 0.439. The van der Waals surface area contributed by atoms with Gasteiger partial charge < -0.3 is 15.2 Å². The monoisotopic (exact) mass is 501 g/mol. The van der Waals surface area contributed by atoms with Gasteiger partial charge in [-0.1, -0.05) is 59.7 Å². The van der Waals surface area contributed by atoms with Crippen LogP contribution in [0.3, 0.4) is 0 Å². The number of aromatic nitrogens is 3. The Morgan fingerprint density at radius 2 is 1.81 bits per heavy atom. The summed E-state index contributed by atoms with van der Waals surface area (Å²) in [7, 11) is 1.79. The minimum absolute atomic E-state index is 0.0990. The van der Waals surface area contributed by atoms with Gasteiger partial charge in [-0.25, -0.2) is 0 Å². The van der Waals surface area contributed by atoms with Crippen LogP contribution in [0.2, 0.25) is 0 Å². The van der Waals surface area contributed by atoms with Crippen molar-refractivity contribution in [3.05, 3.63) is 64.4 Å². The van der Waals surface area contributed by atoms with E-state index in [1.54, 1.807) is 11.6 Å². The molecule has 0 spiro atoms. The molecule has 0 saturated heterocycles. The van der Waals surface area contributed by atoms with Gasteiger partial charge >= 0.3 is 0 Å². The van der Waals surface area contributed by atoms with E-state index in [9.17, 15) is 9.59 Å². The van der Waals surface area contributed by atoms with Crippen molar-refractivity contribution in [2.45, 2.75) is 31.3 Å². The number of para-hydroxylation sites is 1. The molecule has 2 N–H and O–H groups in total. The molecule has 3 aromatic rings. The first kappa shape index (κ1) is 23.0. The minimum atomic E-state index is -0.174. The molecule has 0 fully saturated rings. The topological polar surface area (TPSA) is 88.9 Å². The van der Waals surface area contributed by atoms with Gasteiger partial charge in [0.15, 0.2) is 5.16 Å². The van der Waals surface area contributed by atoms with Crippen LogP contribution in [0.5, 0.6) is 0 Å². The molecular formula is C22H24BrN5O2S. The fraction of sp³-hybridized carbons (Fsp3) is 0.273. The van der Waals surface area contributed by atoms with Crippen LogP contribution < -0.4 is 10.6 Å². The van der Waals surface area contributed by atoms with Gasteiger partial charge in [-0.3, -0.25) is 9.59 Å². The first-order valence-corrected chi connectivity index (χ1v) is 11.6. The Hall–Kier alpha value is -2.65. The highest BCUT2D eigenvalue weighted by molar-refractivity contribution is 9.10. The fourth-order valence-electron chi connectivity index (χ4n) is 2.94. The zero-order chi connectivity index (χ0) is 22.4. The molecule has 0 aliphatic rings. The second kappa shape index (κ2) is 10.6. The molecule has 0 atom stereocenters. The third-order valence-corrected chi connectivity index (χ3v) is 6.06. The van der Waals surface area contributed by atoms with Gasteiger partial charge in [-0.2, -0.15) is 0 Å². The van der Waals surface area contributed by atoms with Crippen LogP contribution in [0, 0.1) is 0 Å². The van der Waals surface area contributed by atoms with Crippen LogP contribution in [0.15, 0.2) is 58.2 Å². The Morgan fingerprint density at radius 1 is 1.06 bits per heavy atom. The van der Waals surface area contributed by atoms with Crippen LogP contribution in [-0.4, -0.2) is 32.3 Å². The molecule has 0 unspecified atom stereocenters. The summed E-state index contributed by atoms with van der Waals surface area (Å²) in [5.74, 6) is 0.707. The number of hydrogen-bond donors (Lipinski definition) is 2. The number of anilines is 2. The molecule has 7 nitrogen and oxygen atoms in total. The fourth-order valence-corrected chi connectivity index (χ4v) is 4.05. The summed E-state index contributed by atoms with van der Waals surface area (Å²) >= 11 is 4.75. The van der Waals surface area contributed by atoms with Crippen LogP contribution in [0.25, 0.3) is 0 Å². The number of halogens is 1. The molecule has 0 saturated carbocycles. The van der Waals surface area contributed by atoms with Crippen molar-refractivity contribution in [2.75, 3.05) is 16.4 Å². The maximum Gasteiger partial charge on any atom is 0.234 e. The zero-order valence-corrected chi connectivity index (χ0v) is 20.0. The summed E-state index contributed by atoms with van der Waals surface area (Å²) in [6.45, 7) is 4.17. The highest BCUT2D eigenvalue weighted by Crippen LogP contribution is 2.28. The molecule has 2 aromatic carbocycles. The lowest BCUT2D eigenvalue weighted by atomic mass is 10.0. The van der Waals surface area contributed by atoms with Gasteiger partial charge in [0.25, 0.3) is 0 Å². The van der Waals surface area contributed by atoms with Gasteiger partial charge in [0, 0.05) is 22.9 Å². The van der Waals surface area contributed by atoms with Crippen LogP contribution in [0.4, 0.5) is 11.4 Å². The zero-order valence-electron chi connectivity index (χ0n) is 17.6. The van der Waals surface area contributed by atoms with E-state index in [0.29, 0.717) is 11.0 Å². The summed E-state index contributed by atoms with van der Waals surface area (Å²) in [6.07, 6.45) is 0.0990. The number of nitrogens with one attached hydrogen (secondary N) is 2. The number of hydrogen-bond acceptors (Lipinski definition) is 5. The Balaban J connectivity index is 1.56. The number of carbonyl (C=O) groups is 2. The molecule has 31 heavy (non-hydrogen) atoms. The van der Waals surface area contributed by atoms with Gasteiger partial charge in [0.1, 0.15) is 5.82 Å². The number of carbonyl (C=O) groups excluding carboxylic acids is 2. The Labute approximate surface area is 194 Å². The van der Waals surface area contributed by atoms with E-state index in [1.165, 1.54) is 11.8 Å². The van der Waals surface area contributed by atoms with Crippen LogP contribution in [0.1, 0.15) is 31.2 Å². The average molecular weight is 502 g/mol. The second-order valence-corrected chi connectivity index (χ2v) is 9.13. The van der Waals surface area contributed by atoms with Gasteiger partial charge in [0.05, 0.1) is 12.2 Å². The number of nitrogens with zero attached hydrogens (tertiary/aromatic N) is 3. The molecule has 0 aliphatic carbocycles. The van der Waals surface area contributed by atoms with E-state index >= 15 is 0 Å². The summed E-state index contributed by atoms with van der Waals surface area (Å²) in [6, 6.07) is 15.1. The largest absolute Gasteiger partial charge is 0.326 e. The maximum absolute atomic E-state index is 12.5. The highest BCUT2D eigenvalue weighted by Gasteiger charge is 2.16. The third-order valence-electron chi connectivity index (χ3n) is 4.54. The van der Waals surface area contributed by atoms with E-state index in [-0.39, 0.29) is 29.9 Å². The number of amides is 2. The van der Waals surface area contributed by atoms with E-state index < -0.39 is 0 Å². The molecule has 2 amide bonds. The standard InChI is InChI=1S/C22H24BrN5O2S/c1-14(2)17-11-15(23)9-10-18(17)25-21(30)13-31-22-27-26-19(28(22)3)12-20(29)24-16-7-5-4-6-8-16/h4-11,14H,12-13H2,1-3H3,(H,24,29)(H,25,30). The number of rotatable bonds is 8. The predicted octanol–water partition coefficient (Wildman–Crippen LogP) is 4.61.